The van der Waals surface area contributed by atoms with Gasteiger partial charge in [-0.05, 0) is 43.7 Å². The predicted molar refractivity (Wildman–Crippen MR) is 110 cm³/mol. The molecule has 0 bridgehead atoms. The number of hydrogen-bond donors (Lipinski definition) is 2. The number of anilines is 2. The number of halogens is 1. The summed E-state index contributed by atoms with van der Waals surface area (Å²) < 4.78 is 5.22. The summed E-state index contributed by atoms with van der Waals surface area (Å²) in [7, 11) is 0. The number of esters is 1. The van der Waals surface area contributed by atoms with Crippen molar-refractivity contribution in [3.8, 4) is 0 Å². The van der Waals surface area contributed by atoms with E-state index in [1.165, 1.54) is 18.7 Å². The fourth-order valence-corrected chi connectivity index (χ4v) is 3.92. The number of thioether (sulfide) groups is 1. The summed E-state index contributed by atoms with van der Waals surface area (Å²) in [5, 5.41) is 5.40. The Morgan fingerprint density at radius 2 is 2.00 bits per heavy atom. The Balaban J connectivity index is 1.56. The normalized spacial score (nSPS) is 16.5. The molecule has 0 aromatic heterocycles. The molecule has 0 spiro atoms. The molecule has 146 valence electrons. The Kier molecular flexibility index (Phi) is 6.26. The minimum Gasteiger partial charge on any atom is -0.452 e. The summed E-state index contributed by atoms with van der Waals surface area (Å²) in [4.78, 5) is 37.6. The molecule has 1 aliphatic rings. The molecule has 1 aliphatic heterocycles. The maximum absolute atomic E-state index is 12.3. The van der Waals surface area contributed by atoms with E-state index in [1.807, 2.05) is 18.2 Å². The van der Waals surface area contributed by atoms with Crippen LogP contribution in [-0.2, 0) is 19.1 Å². The van der Waals surface area contributed by atoms with Crippen LogP contribution in [0, 0.1) is 6.92 Å². The van der Waals surface area contributed by atoms with Gasteiger partial charge < -0.3 is 15.4 Å². The van der Waals surface area contributed by atoms with Gasteiger partial charge in [-0.2, -0.15) is 0 Å². The van der Waals surface area contributed by atoms with Gasteiger partial charge in [0.2, 0.25) is 5.91 Å². The van der Waals surface area contributed by atoms with E-state index in [1.54, 1.807) is 31.2 Å². The first-order chi connectivity index (χ1) is 13.3. The summed E-state index contributed by atoms with van der Waals surface area (Å²) in [6.07, 6.45) is -1.13. The highest BCUT2D eigenvalue weighted by atomic mass is 35.5. The lowest BCUT2D eigenvalue weighted by atomic mass is 10.2. The number of benzene rings is 2. The van der Waals surface area contributed by atoms with E-state index in [0.29, 0.717) is 10.7 Å². The van der Waals surface area contributed by atoms with E-state index in [2.05, 4.69) is 10.6 Å². The van der Waals surface area contributed by atoms with Gasteiger partial charge in [-0.1, -0.05) is 29.8 Å². The van der Waals surface area contributed by atoms with Crippen LogP contribution in [0.1, 0.15) is 18.9 Å². The second-order valence-electron chi connectivity index (χ2n) is 6.33. The second kappa shape index (κ2) is 8.67. The van der Waals surface area contributed by atoms with Crippen molar-refractivity contribution < 1.29 is 19.1 Å². The number of ether oxygens (including phenoxy) is 1. The van der Waals surface area contributed by atoms with Crippen LogP contribution in [0.15, 0.2) is 47.4 Å². The van der Waals surface area contributed by atoms with E-state index >= 15 is 0 Å². The van der Waals surface area contributed by atoms with Gasteiger partial charge in [-0.25, -0.2) is 0 Å². The van der Waals surface area contributed by atoms with Gasteiger partial charge in [0.25, 0.3) is 5.91 Å². The molecule has 0 unspecified atom stereocenters. The molecule has 2 N–H and O–H groups in total. The SMILES string of the molecule is Cc1c(Cl)cccc1NC(=O)[C@@H](C)OC(=O)C[C@H]1Sc2ccccc2NC1=O. The molecule has 1 heterocycles. The number of nitrogens with one attached hydrogen (secondary N) is 2. The monoisotopic (exact) mass is 418 g/mol. The van der Waals surface area contributed by atoms with E-state index in [4.69, 9.17) is 16.3 Å². The molecule has 28 heavy (non-hydrogen) atoms. The van der Waals surface area contributed by atoms with Gasteiger partial charge in [0.1, 0.15) is 0 Å². The Morgan fingerprint density at radius 3 is 2.79 bits per heavy atom. The maximum atomic E-state index is 12.3. The molecule has 6 nitrogen and oxygen atoms in total. The standard InChI is InChI=1S/C20H19ClN2O4S/c1-11-13(21)6-5-8-14(11)22-19(25)12(2)27-18(24)10-17-20(26)23-15-7-3-4-9-16(15)28-17/h3-9,12,17H,10H2,1-2H3,(H,22,25)(H,23,26)/t12-,17-/m1/s1. The number of hydrogen-bond acceptors (Lipinski definition) is 5. The van der Waals surface area contributed by atoms with Gasteiger partial charge in [0.15, 0.2) is 6.10 Å². The molecule has 2 amide bonds. The minimum atomic E-state index is -1.00. The number of carbonyl (C=O) groups is 3. The van der Waals surface area contributed by atoms with Gasteiger partial charge in [-0.3, -0.25) is 14.4 Å². The molecular formula is C20H19ClN2O4S. The van der Waals surface area contributed by atoms with Crippen molar-refractivity contribution in [2.75, 3.05) is 10.6 Å². The largest absolute Gasteiger partial charge is 0.452 e. The van der Waals surface area contributed by atoms with E-state index in [-0.39, 0.29) is 12.3 Å². The van der Waals surface area contributed by atoms with Crippen molar-refractivity contribution in [1.82, 2.24) is 0 Å². The number of rotatable bonds is 5. The molecule has 0 saturated heterocycles. The first kappa shape index (κ1) is 20.2. The van der Waals surface area contributed by atoms with Crippen LogP contribution in [0.4, 0.5) is 11.4 Å². The maximum Gasteiger partial charge on any atom is 0.308 e. The van der Waals surface area contributed by atoms with Gasteiger partial charge in [0.05, 0.1) is 17.4 Å². The Hall–Kier alpha value is -2.51. The summed E-state index contributed by atoms with van der Waals surface area (Å²) in [5.74, 6) is -1.34. The third-order valence-corrected chi connectivity index (χ3v) is 5.95. The van der Waals surface area contributed by atoms with Crippen molar-refractivity contribution in [2.45, 2.75) is 36.5 Å². The lowest BCUT2D eigenvalue weighted by molar-refractivity contribution is -0.153. The van der Waals surface area contributed by atoms with Crippen molar-refractivity contribution in [3.05, 3.63) is 53.1 Å². The predicted octanol–water partition coefficient (Wildman–Crippen LogP) is 4.02. The lowest BCUT2D eigenvalue weighted by Crippen LogP contribution is -2.34. The van der Waals surface area contributed by atoms with E-state index < -0.39 is 23.2 Å². The number of para-hydroxylation sites is 1. The van der Waals surface area contributed by atoms with Crippen molar-refractivity contribution in [3.63, 3.8) is 0 Å². The van der Waals surface area contributed by atoms with Gasteiger partial charge in [-0.15, -0.1) is 11.8 Å². The average Bonchev–Trinajstić information content (AvgIpc) is 2.66. The highest BCUT2D eigenvalue weighted by Gasteiger charge is 2.30. The minimum absolute atomic E-state index is 0.126. The van der Waals surface area contributed by atoms with E-state index in [9.17, 15) is 14.4 Å². The van der Waals surface area contributed by atoms with Crippen LogP contribution >= 0.6 is 23.4 Å². The van der Waals surface area contributed by atoms with Gasteiger partial charge in [0, 0.05) is 15.6 Å². The Labute approximate surface area is 172 Å². The second-order valence-corrected chi connectivity index (χ2v) is 7.98. The third kappa shape index (κ3) is 4.66. The fourth-order valence-electron chi connectivity index (χ4n) is 2.65. The van der Waals surface area contributed by atoms with Crippen LogP contribution in [0.25, 0.3) is 0 Å². The quantitative estimate of drug-likeness (QED) is 0.716. The number of carbonyl (C=O) groups excluding carboxylic acids is 3. The molecule has 0 aliphatic carbocycles. The molecular weight excluding hydrogens is 400 g/mol. The first-order valence-electron chi connectivity index (χ1n) is 8.67. The smallest absolute Gasteiger partial charge is 0.308 e. The van der Waals surface area contributed by atoms with Gasteiger partial charge >= 0.3 is 5.97 Å². The van der Waals surface area contributed by atoms with Crippen molar-refractivity contribution in [1.29, 1.82) is 0 Å². The third-order valence-electron chi connectivity index (χ3n) is 4.26. The van der Waals surface area contributed by atoms with Crippen LogP contribution < -0.4 is 10.6 Å². The zero-order valence-electron chi connectivity index (χ0n) is 15.3. The van der Waals surface area contributed by atoms with Crippen LogP contribution in [0.3, 0.4) is 0 Å². The summed E-state index contributed by atoms with van der Waals surface area (Å²) in [6, 6.07) is 12.5. The zero-order chi connectivity index (χ0) is 20.3. The number of amides is 2. The van der Waals surface area contributed by atoms with Crippen LogP contribution in [-0.4, -0.2) is 29.1 Å². The van der Waals surface area contributed by atoms with Crippen molar-refractivity contribution in [2.24, 2.45) is 0 Å². The molecule has 0 radical (unpaired) electrons. The summed E-state index contributed by atoms with van der Waals surface area (Å²) in [6.45, 7) is 3.27. The molecule has 2 atom stereocenters. The molecule has 0 saturated carbocycles. The molecule has 2 aromatic carbocycles. The number of fused-ring (bicyclic) bond motifs is 1. The molecule has 2 aromatic rings. The summed E-state index contributed by atoms with van der Waals surface area (Å²) >= 11 is 7.35. The fraction of sp³-hybridized carbons (Fsp3) is 0.250. The molecule has 3 rings (SSSR count). The zero-order valence-corrected chi connectivity index (χ0v) is 16.9. The molecule has 8 heteroatoms. The van der Waals surface area contributed by atoms with Crippen LogP contribution in [0.2, 0.25) is 5.02 Å². The summed E-state index contributed by atoms with van der Waals surface area (Å²) in [5.41, 5.74) is 2.01. The topological polar surface area (TPSA) is 84.5 Å². The first-order valence-corrected chi connectivity index (χ1v) is 9.93. The highest BCUT2D eigenvalue weighted by molar-refractivity contribution is 8.01. The Bertz CT molecular complexity index is 934. The van der Waals surface area contributed by atoms with Crippen LogP contribution in [0.5, 0.6) is 0 Å². The van der Waals surface area contributed by atoms with E-state index in [0.717, 1.165) is 16.1 Å². The highest BCUT2D eigenvalue weighted by Crippen LogP contribution is 2.36. The lowest BCUT2D eigenvalue weighted by Gasteiger charge is -2.23. The van der Waals surface area contributed by atoms with Crippen molar-refractivity contribution >= 4 is 52.5 Å². The molecule has 0 fully saturated rings. The average molecular weight is 419 g/mol. The Morgan fingerprint density at radius 1 is 1.25 bits per heavy atom.